The molecule has 0 spiro atoms. The molecule has 0 aliphatic rings. The molecule has 1 heterocycles. The summed E-state index contributed by atoms with van der Waals surface area (Å²) in [6.45, 7) is 0.207. The van der Waals surface area contributed by atoms with Crippen LogP contribution in [0.15, 0.2) is 48.5 Å². The fourth-order valence-corrected chi connectivity index (χ4v) is 2.47. The van der Waals surface area contributed by atoms with Crippen molar-refractivity contribution in [3.63, 3.8) is 0 Å². The van der Waals surface area contributed by atoms with Gasteiger partial charge in [0.05, 0.1) is 18.4 Å². The number of anilines is 1. The summed E-state index contributed by atoms with van der Waals surface area (Å²) >= 11 is 0. The Bertz CT molecular complexity index is 984. The fourth-order valence-electron chi connectivity index (χ4n) is 2.47. The van der Waals surface area contributed by atoms with Gasteiger partial charge in [-0.1, -0.05) is 23.4 Å². The van der Waals surface area contributed by atoms with Gasteiger partial charge < -0.3 is 15.8 Å². The van der Waals surface area contributed by atoms with E-state index < -0.39 is 17.6 Å². The van der Waals surface area contributed by atoms with Crippen LogP contribution in [0.25, 0.3) is 5.69 Å². The van der Waals surface area contributed by atoms with Crippen LogP contribution in [0.4, 0.5) is 19.0 Å². The Morgan fingerprint density at radius 1 is 1.21 bits per heavy atom. The minimum atomic E-state index is -4.51. The lowest BCUT2D eigenvalue weighted by atomic mass is 10.2. The monoisotopic (exact) mass is 391 g/mol. The van der Waals surface area contributed by atoms with Crippen LogP contribution in [0.5, 0.6) is 5.75 Å². The molecule has 3 N–H and O–H groups in total. The average molecular weight is 391 g/mol. The largest absolute Gasteiger partial charge is 0.497 e. The topological polar surface area (TPSA) is 95.1 Å². The van der Waals surface area contributed by atoms with Crippen LogP contribution < -0.4 is 15.8 Å². The number of amides is 1. The van der Waals surface area contributed by atoms with E-state index in [0.717, 1.165) is 22.4 Å². The number of nitrogens with zero attached hydrogens (tertiary/aromatic N) is 3. The van der Waals surface area contributed by atoms with Crippen molar-refractivity contribution < 1.29 is 22.7 Å². The quantitative estimate of drug-likeness (QED) is 0.697. The van der Waals surface area contributed by atoms with Gasteiger partial charge in [-0.2, -0.15) is 17.9 Å². The van der Waals surface area contributed by atoms with E-state index >= 15 is 0 Å². The number of nitrogen functional groups attached to an aromatic ring is 1. The molecule has 10 heteroatoms. The lowest BCUT2D eigenvalue weighted by molar-refractivity contribution is -0.137. The Kier molecular flexibility index (Phi) is 5.21. The number of alkyl halides is 3. The van der Waals surface area contributed by atoms with Gasteiger partial charge in [0, 0.05) is 6.54 Å². The van der Waals surface area contributed by atoms with E-state index in [1.807, 2.05) is 0 Å². The predicted molar refractivity (Wildman–Crippen MR) is 94.9 cm³/mol. The molecule has 0 saturated carbocycles. The molecule has 0 bridgehead atoms. The van der Waals surface area contributed by atoms with E-state index in [9.17, 15) is 18.0 Å². The van der Waals surface area contributed by atoms with Crippen molar-refractivity contribution in [1.29, 1.82) is 0 Å². The van der Waals surface area contributed by atoms with E-state index in [2.05, 4.69) is 15.6 Å². The number of ether oxygens (including phenoxy) is 1. The minimum Gasteiger partial charge on any atom is -0.497 e. The molecule has 2 aromatic carbocycles. The second-order valence-electron chi connectivity index (χ2n) is 5.81. The summed E-state index contributed by atoms with van der Waals surface area (Å²) < 4.78 is 44.7. The number of rotatable bonds is 5. The Labute approximate surface area is 157 Å². The molecule has 1 aromatic heterocycles. The maximum Gasteiger partial charge on any atom is 0.416 e. The summed E-state index contributed by atoms with van der Waals surface area (Å²) in [4.78, 5) is 12.3. The molecular formula is C18H16F3N5O2. The normalized spacial score (nSPS) is 11.3. The third-order valence-electron chi connectivity index (χ3n) is 3.95. The van der Waals surface area contributed by atoms with Gasteiger partial charge in [0.1, 0.15) is 5.75 Å². The third kappa shape index (κ3) is 4.05. The molecule has 0 aliphatic carbocycles. The number of hydrogen-bond donors (Lipinski definition) is 2. The first-order chi connectivity index (χ1) is 13.3. The van der Waals surface area contributed by atoms with Gasteiger partial charge in [-0.05, 0) is 35.9 Å². The number of nitrogens with one attached hydrogen (secondary N) is 1. The number of halogens is 3. The fraction of sp³-hybridized carbons (Fsp3) is 0.167. The Hall–Kier alpha value is -3.56. The highest BCUT2D eigenvalue weighted by Gasteiger charge is 2.31. The SMILES string of the molecule is COc1ccc(CNC(=O)c2nnn(-c3cccc(C(F)(F)F)c3)c2N)cc1. The van der Waals surface area contributed by atoms with Crippen molar-refractivity contribution in [3.05, 3.63) is 65.4 Å². The number of nitrogens with two attached hydrogens (primary N) is 1. The predicted octanol–water partition coefficient (Wildman–Crippen LogP) is 2.81. The van der Waals surface area contributed by atoms with E-state index in [1.165, 1.54) is 12.1 Å². The first-order valence-electron chi connectivity index (χ1n) is 8.09. The van der Waals surface area contributed by atoms with Crippen molar-refractivity contribution in [2.45, 2.75) is 12.7 Å². The second kappa shape index (κ2) is 7.59. The summed E-state index contributed by atoms with van der Waals surface area (Å²) in [5, 5.41) is 10.0. The minimum absolute atomic E-state index is 0.0500. The Morgan fingerprint density at radius 2 is 1.93 bits per heavy atom. The van der Waals surface area contributed by atoms with Crippen LogP contribution in [-0.4, -0.2) is 28.0 Å². The molecule has 0 saturated heterocycles. The second-order valence-corrected chi connectivity index (χ2v) is 5.81. The number of methoxy groups -OCH3 is 1. The van der Waals surface area contributed by atoms with Crippen molar-refractivity contribution >= 4 is 11.7 Å². The van der Waals surface area contributed by atoms with E-state index in [4.69, 9.17) is 10.5 Å². The molecule has 28 heavy (non-hydrogen) atoms. The van der Waals surface area contributed by atoms with E-state index in [-0.39, 0.29) is 23.7 Å². The summed E-state index contributed by atoms with van der Waals surface area (Å²) in [5.74, 6) is -0.0681. The molecule has 0 unspecified atom stereocenters. The smallest absolute Gasteiger partial charge is 0.416 e. The molecular weight excluding hydrogens is 375 g/mol. The van der Waals surface area contributed by atoms with Crippen molar-refractivity contribution in [1.82, 2.24) is 20.3 Å². The molecule has 0 atom stereocenters. The number of carbonyl (C=O) groups excluding carboxylic acids is 1. The first-order valence-corrected chi connectivity index (χ1v) is 8.09. The summed E-state index contributed by atoms with van der Waals surface area (Å²) in [6.07, 6.45) is -4.51. The highest BCUT2D eigenvalue weighted by Crippen LogP contribution is 2.30. The van der Waals surface area contributed by atoms with E-state index in [0.29, 0.717) is 5.75 Å². The van der Waals surface area contributed by atoms with Crippen molar-refractivity contribution in [2.75, 3.05) is 12.8 Å². The van der Waals surface area contributed by atoms with Gasteiger partial charge >= 0.3 is 6.18 Å². The molecule has 3 aromatic rings. The van der Waals surface area contributed by atoms with Crippen molar-refractivity contribution in [2.24, 2.45) is 0 Å². The van der Waals surface area contributed by atoms with Gasteiger partial charge in [0.15, 0.2) is 11.5 Å². The van der Waals surface area contributed by atoms with Crippen LogP contribution in [0.3, 0.4) is 0 Å². The van der Waals surface area contributed by atoms with Crippen molar-refractivity contribution in [3.8, 4) is 11.4 Å². The molecule has 146 valence electrons. The lowest BCUT2D eigenvalue weighted by Crippen LogP contribution is -2.24. The average Bonchev–Trinajstić information content (AvgIpc) is 3.07. The third-order valence-corrected chi connectivity index (χ3v) is 3.95. The summed E-state index contributed by atoms with van der Waals surface area (Å²) in [7, 11) is 1.55. The molecule has 0 fully saturated rings. The number of benzene rings is 2. The van der Waals surface area contributed by atoms with Crippen LogP contribution in [0.1, 0.15) is 21.6 Å². The van der Waals surface area contributed by atoms with Gasteiger partial charge in [0.25, 0.3) is 5.91 Å². The molecule has 7 nitrogen and oxygen atoms in total. The maximum atomic E-state index is 12.9. The lowest BCUT2D eigenvalue weighted by Gasteiger charge is -2.09. The summed E-state index contributed by atoms with van der Waals surface area (Å²) in [6, 6.07) is 11.5. The zero-order valence-corrected chi connectivity index (χ0v) is 14.7. The Morgan fingerprint density at radius 3 is 2.57 bits per heavy atom. The molecule has 0 radical (unpaired) electrons. The van der Waals surface area contributed by atoms with Gasteiger partial charge in [-0.25, -0.2) is 0 Å². The van der Waals surface area contributed by atoms with Crippen LogP contribution in [-0.2, 0) is 12.7 Å². The van der Waals surface area contributed by atoms with Gasteiger partial charge in [-0.15, -0.1) is 5.10 Å². The highest BCUT2D eigenvalue weighted by molar-refractivity contribution is 5.96. The first kappa shape index (κ1) is 19.2. The highest BCUT2D eigenvalue weighted by atomic mass is 19.4. The molecule has 0 aliphatic heterocycles. The number of carbonyl (C=O) groups is 1. The van der Waals surface area contributed by atoms with Gasteiger partial charge in [0.2, 0.25) is 0 Å². The summed E-state index contributed by atoms with van der Waals surface area (Å²) in [5.41, 5.74) is 5.72. The zero-order valence-electron chi connectivity index (χ0n) is 14.7. The van der Waals surface area contributed by atoms with Crippen LogP contribution >= 0.6 is 0 Å². The molecule has 3 rings (SSSR count). The Balaban J connectivity index is 1.76. The van der Waals surface area contributed by atoms with Crippen LogP contribution in [0, 0.1) is 0 Å². The van der Waals surface area contributed by atoms with Crippen LogP contribution in [0.2, 0.25) is 0 Å². The number of hydrogen-bond acceptors (Lipinski definition) is 5. The van der Waals surface area contributed by atoms with Gasteiger partial charge in [-0.3, -0.25) is 4.79 Å². The molecule has 1 amide bonds. The standard InChI is InChI=1S/C18H16F3N5O2/c1-28-14-7-5-11(6-8-14)10-23-17(27)15-16(22)26(25-24-15)13-4-2-3-12(9-13)18(19,20)21/h2-9H,10,22H2,1H3,(H,23,27). The maximum absolute atomic E-state index is 12.9. The zero-order chi connectivity index (χ0) is 20.3. The number of aromatic nitrogens is 3. The van der Waals surface area contributed by atoms with E-state index in [1.54, 1.807) is 31.4 Å².